The van der Waals surface area contributed by atoms with Crippen molar-refractivity contribution < 1.29 is 24.9 Å². The smallest absolute Gasteiger partial charge is 0.351 e. The fraction of sp³-hybridized carbons (Fsp3) is 0.353. The van der Waals surface area contributed by atoms with Gasteiger partial charge in [0.2, 0.25) is 0 Å². The highest BCUT2D eigenvalue weighted by Crippen LogP contribution is 2.28. The maximum Gasteiger partial charge on any atom is 0.351 e. The molecule has 2 heterocycles. The van der Waals surface area contributed by atoms with Crippen LogP contribution in [0, 0.1) is 6.92 Å². The predicted octanol–water partition coefficient (Wildman–Crippen LogP) is -0.584. The van der Waals surface area contributed by atoms with Crippen molar-refractivity contribution in [2.24, 2.45) is 0 Å². The van der Waals surface area contributed by atoms with Gasteiger partial charge in [0, 0.05) is 11.8 Å². The zero-order chi connectivity index (χ0) is 18.8. The molecule has 0 aliphatic carbocycles. The summed E-state index contributed by atoms with van der Waals surface area (Å²) in [7, 11) is 0. The molecule has 1 aliphatic heterocycles. The number of carbonyl (C=O) groups excluding carboxylic acids is 1. The summed E-state index contributed by atoms with van der Waals surface area (Å²) >= 11 is 0. The topological polar surface area (TPSA) is 134 Å². The Morgan fingerprint density at radius 2 is 1.92 bits per heavy atom. The minimum Gasteiger partial charge on any atom is -0.394 e. The summed E-state index contributed by atoms with van der Waals surface area (Å²) in [6, 6.07) is 8.28. The summed E-state index contributed by atoms with van der Waals surface area (Å²) in [6.45, 7) is 1.41. The molecule has 0 radical (unpaired) electrons. The highest BCUT2D eigenvalue weighted by atomic mass is 16.6. The Bertz CT molecular complexity index is 850. The van der Waals surface area contributed by atoms with Gasteiger partial charge in [0.25, 0.3) is 5.91 Å². The number of ether oxygens (including phenoxy) is 1. The van der Waals surface area contributed by atoms with Gasteiger partial charge in [-0.15, -0.1) is 0 Å². The van der Waals surface area contributed by atoms with Crippen molar-refractivity contribution in [3.8, 4) is 0 Å². The maximum absolute atomic E-state index is 12.2. The lowest BCUT2D eigenvalue weighted by Crippen LogP contribution is -2.36. The van der Waals surface area contributed by atoms with Gasteiger partial charge in [-0.3, -0.25) is 9.36 Å². The van der Waals surface area contributed by atoms with Crippen molar-refractivity contribution in [1.82, 2.24) is 9.55 Å². The molecule has 1 aromatic heterocycles. The molecule has 0 bridgehead atoms. The molecule has 0 spiro atoms. The van der Waals surface area contributed by atoms with Crippen molar-refractivity contribution >= 4 is 11.7 Å². The summed E-state index contributed by atoms with van der Waals surface area (Å²) < 4.78 is 6.28. The Morgan fingerprint density at radius 1 is 1.23 bits per heavy atom. The predicted molar refractivity (Wildman–Crippen MR) is 90.6 cm³/mol. The zero-order valence-electron chi connectivity index (χ0n) is 13.9. The number of aryl methyl sites for hydroxylation is 1. The Morgan fingerprint density at radius 3 is 2.50 bits per heavy atom. The molecular formula is C17H19N3O6. The van der Waals surface area contributed by atoms with Gasteiger partial charge in [0.1, 0.15) is 24.1 Å². The highest BCUT2D eigenvalue weighted by molar-refractivity contribution is 6.03. The summed E-state index contributed by atoms with van der Waals surface area (Å²) in [5.74, 6) is -0.369. The van der Waals surface area contributed by atoms with E-state index in [-0.39, 0.29) is 5.82 Å². The molecule has 4 N–H and O–H groups in total. The molecule has 138 valence electrons. The van der Waals surface area contributed by atoms with E-state index >= 15 is 0 Å². The van der Waals surface area contributed by atoms with Crippen LogP contribution in [0.15, 0.2) is 41.3 Å². The lowest BCUT2D eigenvalue weighted by molar-refractivity contribution is -0.0549. The van der Waals surface area contributed by atoms with Crippen LogP contribution >= 0.6 is 0 Å². The van der Waals surface area contributed by atoms with Crippen molar-refractivity contribution in [1.29, 1.82) is 0 Å². The average Bonchev–Trinajstić information content (AvgIpc) is 2.90. The van der Waals surface area contributed by atoms with Gasteiger partial charge in [-0.25, -0.2) is 4.79 Å². The fourth-order valence-corrected chi connectivity index (χ4v) is 2.68. The molecule has 0 unspecified atom stereocenters. The number of amides is 1. The van der Waals surface area contributed by atoms with Crippen LogP contribution in [0.2, 0.25) is 0 Å². The second-order valence-electron chi connectivity index (χ2n) is 6.05. The first-order chi connectivity index (χ1) is 12.4. The third-order valence-corrected chi connectivity index (χ3v) is 4.18. The van der Waals surface area contributed by atoms with E-state index < -0.39 is 42.7 Å². The van der Waals surface area contributed by atoms with Crippen molar-refractivity contribution in [2.45, 2.75) is 31.5 Å². The van der Waals surface area contributed by atoms with Gasteiger partial charge >= 0.3 is 5.69 Å². The van der Waals surface area contributed by atoms with Gasteiger partial charge in [-0.2, -0.15) is 4.98 Å². The SMILES string of the molecule is Cc1ccc(C(=O)Nc2ccn([C@@H]3O[C@H](CO)[C@@H](O)[C@@H]3O)c(=O)n2)cc1. The first kappa shape index (κ1) is 18.2. The standard InChI is InChI=1S/C17H19N3O6/c1-9-2-4-10(5-3-9)15(24)18-12-6-7-20(17(25)19-12)16-14(23)13(22)11(8-21)26-16/h2-7,11,13-14,16,21-23H,8H2,1H3,(H,18,19,24,25)/t11-,13-,14+,16-/m1/s1. The molecule has 26 heavy (non-hydrogen) atoms. The molecule has 4 atom stereocenters. The number of benzene rings is 1. The molecular weight excluding hydrogens is 342 g/mol. The highest BCUT2D eigenvalue weighted by Gasteiger charge is 2.43. The number of hydrogen-bond acceptors (Lipinski definition) is 7. The molecule has 9 heteroatoms. The summed E-state index contributed by atoms with van der Waals surface area (Å²) in [5.41, 5.74) is 0.660. The number of aromatic nitrogens is 2. The van der Waals surface area contributed by atoms with Crippen molar-refractivity contribution in [3.63, 3.8) is 0 Å². The monoisotopic (exact) mass is 361 g/mol. The van der Waals surface area contributed by atoms with E-state index in [0.29, 0.717) is 5.56 Å². The number of nitrogens with one attached hydrogen (secondary N) is 1. The molecule has 9 nitrogen and oxygen atoms in total. The van der Waals surface area contributed by atoms with Gasteiger partial charge in [-0.05, 0) is 25.1 Å². The van der Waals surface area contributed by atoms with Crippen LogP contribution in [0.5, 0.6) is 0 Å². The van der Waals surface area contributed by atoms with Gasteiger partial charge in [0.05, 0.1) is 6.61 Å². The first-order valence-electron chi connectivity index (χ1n) is 8.00. The lowest BCUT2D eigenvalue weighted by atomic mass is 10.1. The molecule has 2 aromatic rings. The third-order valence-electron chi connectivity index (χ3n) is 4.18. The van der Waals surface area contributed by atoms with E-state index in [1.807, 2.05) is 6.92 Å². The number of aliphatic hydroxyl groups excluding tert-OH is 3. The molecule has 1 fully saturated rings. The normalized spacial score (nSPS) is 25.2. The number of anilines is 1. The summed E-state index contributed by atoms with van der Waals surface area (Å²) in [5, 5.41) is 31.4. The van der Waals surface area contributed by atoms with E-state index in [2.05, 4.69) is 10.3 Å². The second kappa shape index (κ2) is 7.34. The van der Waals surface area contributed by atoms with Crippen LogP contribution in [0.3, 0.4) is 0 Å². The Labute approximate surface area is 148 Å². The first-order valence-corrected chi connectivity index (χ1v) is 8.00. The van der Waals surface area contributed by atoms with E-state index in [1.165, 1.54) is 12.3 Å². The van der Waals surface area contributed by atoms with Crippen LogP contribution in [0.4, 0.5) is 5.82 Å². The summed E-state index contributed by atoms with van der Waals surface area (Å²) in [4.78, 5) is 28.1. The third kappa shape index (κ3) is 3.51. The minimum atomic E-state index is -1.39. The van der Waals surface area contributed by atoms with Gasteiger partial charge in [-0.1, -0.05) is 17.7 Å². The molecule has 1 aromatic carbocycles. The van der Waals surface area contributed by atoms with Crippen LogP contribution in [0.1, 0.15) is 22.1 Å². The van der Waals surface area contributed by atoms with Crippen molar-refractivity contribution in [2.75, 3.05) is 11.9 Å². The Hall–Kier alpha value is -2.59. The maximum atomic E-state index is 12.2. The van der Waals surface area contributed by atoms with Gasteiger partial charge in [0.15, 0.2) is 6.23 Å². The molecule has 1 amide bonds. The fourth-order valence-electron chi connectivity index (χ4n) is 2.68. The van der Waals surface area contributed by atoms with Crippen LogP contribution in [0.25, 0.3) is 0 Å². The van der Waals surface area contributed by atoms with E-state index in [9.17, 15) is 19.8 Å². The lowest BCUT2D eigenvalue weighted by Gasteiger charge is -2.17. The average molecular weight is 361 g/mol. The van der Waals surface area contributed by atoms with E-state index in [4.69, 9.17) is 9.84 Å². The number of carbonyl (C=O) groups is 1. The van der Waals surface area contributed by atoms with E-state index in [0.717, 1.165) is 10.1 Å². The molecule has 0 saturated carbocycles. The summed E-state index contributed by atoms with van der Waals surface area (Å²) in [6.07, 6.45) is -3.59. The van der Waals surface area contributed by atoms with Gasteiger partial charge < -0.3 is 25.4 Å². The van der Waals surface area contributed by atoms with E-state index in [1.54, 1.807) is 24.3 Å². The van der Waals surface area contributed by atoms with Crippen LogP contribution < -0.4 is 11.0 Å². The largest absolute Gasteiger partial charge is 0.394 e. The quantitative estimate of drug-likeness (QED) is 0.572. The Balaban J connectivity index is 1.77. The molecule has 1 saturated heterocycles. The zero-order valence-corrected chi connectivity index (χ0v) is 13.9. The van der Waals surface area contributed by atoms with Crippen LogP contribution in [-0.4, -0.2) is 55.7 Å². The number of rotatable bonds is 4. The van der Waals surface area contributed by atoms with Crippen LogP contribution in [-0.2, 0) is 4.74 Å². The van der Waals surface area contributed by atoms with Crippen molar-refractivity contribution in [3.05, 3.63) is 58.1 Å². The number of aliphatic hydroxyl groups is 3. The Kier molecular flexibility index (Phi) is 5.14. The second-order valence-corrected chi connectivity index (χ2v) is 6.05. The minimum absolute atomic E-state index is 0.0450. The molecule has 3 rings (SSSR count). The number of nitrogens with zero attached hydrogens (tertiary/aromatic N) is 2. The molecule has 1 aliphatic rings. The number of hydrogen-bond donors (Lipinski definition) is 4.